The van der Waals surface area contributed by atoms with Crippen molar-refractivity contribution in [1.82, 2.24) is 9.88 Å². The summed E-state index contributed by atoms with van der Waals surface area (Å²) in [6.45, 7) is 3.08. The smallest absolute Gasteiger partial charge is 0.306 e. The summed E-state index contributed by atoms with van der Waals surface area (Å²) >= 11 is 0. The highest BCUT2D eigenvalue weighted by Gasteiger charge is 2.28. The number of rotatable bonds is 6. The van der Waals surface area contributed by atoms with E-state index in [9.17, 15) is 14.7 Å². The van der Waals surface area contributed by atoms with Gasteiger partial charge in [-0.05, 0) is 17.7 Å². The molecule has 1 N–H and O–H groups in total. The van der Waals surface area contributed by atoms with Crippen LogP contribution in [0.25, 0.3) is 10.9 Å². The molecule has 2 aromatic heterocycles. The molecule has 31 heavy (non-hydrogen) atoms. The van der Waals surface area contributed by atoms with Gasteiger partial charge in [-0.1, -0.05) is 18.2 Å². The van der Waals surface area contributed by atoms with Crippen molar-refractivity contribution in [2.75, 3.05) is 33.4 Å². The summed E-state index contributed by atoms with van der Waals surface area (Å²) in [7, 11) is 1.30. The van der Waals surface area contributed by atoms with Crippen LogP contribution in [-0.4, -0.2) is 54.4 Å². The lowest BCUT2D eigenvalue weighted by Gasteiger charge is -2.26. The van der Waals surface area contributed by atoms with Gasteiger partial charge in [-0.15, -0.1) is 0 Å². The van der Waals surface area contributed by atoms with Crippen molar-refractivity contribution in [3.8, 4) is 5.75 Å². The van der Waals surface area contributed by atoms with Crippen LogP contribution in [0.1, 0.15) is 29.4 Å². The number of fused-ring (bicyclic) bond motifs is 1. The van der Waals surface area contributed by atoms with Gasteiger partial charge < -0.3 is 19.0 Å². The third kappa shape index (κ3) is 4.60. The molecule has 1 aliphatic rings. The van der Waals surface area contributed by atoms with E-state index in [1.165, 1.54) is 13.2 Å². The summed E-state index contributed by atoms with van der Waals surface area (Å²) in [5.41, 5.74) is 0.914. The van der Waals surface area contributed by atoms with Crippen LogP contribution in [0.4, 0.5) is 0 Å². The number of aromatic nitrogens is 1. The molecule has 3 heterocycles. The summed E-state index contributed by atoms with van der Waals surface area (Å²) in [5.74, 6) is -1.21. The Bertz CT molecular complexity index is 1130. The van der Waals surface area contributed by atoms with Crippen LogP contribution in [0, 0.1) is 0 Å². The molecule has 0 unspecified atom stereocenters. The molecule has 0 radical (unpaired) electrons. The zero-order valence-electron chi connectivity index (χ0n) is 17.2. The van der Waals surface area contributed by atoms with Crippen molar-refractivity contribution in [2.45, 2.75) is 18.9 Å². The van der Waals surface area contributed by atoms with Gasteiger partial charge in [0.25, 0.3) is 0 Å². The molecule has 1 fully saturated rings. The van der Waals surface area contributed by atoms with E-state index in [-0.39, 0.29) is 12.2 Å². The van der Waals surface area contributed by atoms with Crippen molar-refractivity contribution in [1.29, 1.82) is 0 Å². The molecule has 1 saturated heterocycles. The van der Waals surface area contributed by atoms with Crippen molar-refractivity contribution in [3.63, 3.8) is 0 Å². The Morgan fingerprint density at radius 2 is 2.03 bits per heavy atom. The summed E-state index contributed by atoms with van der Waals surface area (Å²) in [4.78, 5) is 31.3. The Kier molecular flexibility index (Phi) is 6.29. The quantitative estimate of drug-likeness (QED) is 0.602. The number of carbonyl (C=O) groups is 1. The molecule has 162 valence electrons. The van der Waals surface area contributed by atoms with Gasteiger partial charge >= 0.3 is 5.97 Å². The van der Waals surface area contributed by atoms with Crippen LogP contribution in [0.2, 0.25) is 0 Å². The van der Waals surface area contributed by atoms with Crippen molar-refractivity contribution < 1.29 is 23.8 Å². The third-order valence-electron chi connectivity index (χ3n) is 5.46. The second-order valence-electron chi connectivity index (χ2n) is 7.43. The Balaban J connectivity index is 1.81. The predicted octanol–water partition coefficient (Wildman–Crippen LogP) is 2.42. The zero-order chi connectivity index (χ0) is 21.8. The van der Waals surface area contributed by atoms with Gasteiger partial charge in [0.1, 0.15) is 5.76 Å². The highest BCUT2D eigenvalue weighted by molar-refractivity contribution is 5.84. The van der Waals surface area contributed by atoms with E-state index in [2.05, 4.69) is 9.88 Å². The first kappa shape index (κ1) is 21.0. The van der Waals surface area contributed by atoms with Crippen LogP contribution in [0.3, 0.4) is 0 Å². The van der Waals surface area contributed by atoms with E-state index >= 15 is 0 Å². The molecule has 0 aliphatic carbocycles. The topological polar surface area (TPSA) is 102 Å². The molecular weight excluding hydrogens is 400 g/mol. The van der Waals surface area contributed by atoms with Gasteiger partial charge in [0.05, 0.1) is 44.7 Å². The number of pyridine rings is 1. The Morgan fingerprint density at radius 3 is 2.81 bits per heavy atom. The first-order chi connectivity index (χ1) is 15.1. The molecule has 0 spiro atoms. The number of para-hydroxylation sites is 1. The number of aromatic hydroxyl groups is 1. The van der Waals surface area contributed by atoms with E-state index in [0.29, 0.717) is 25.5 Å². The van der Waals surface area contributed by atoms with Crippen LogP contribution >= 0.6 is 0 Å². The minimum atomic E-state index is -0.710. The minimum absolute atomic E-state index is 0.0533. The fourth-order valence-corrected chi connectivity index (χ4v) is 3.86. The number of nitrogens with zero attached hydrogens (tertiary/aromatic N) is 2. The van der Waals surface area contributed by atoms with E-state index in [0.717, 1.165) is 29.6 Å². The molecule has 4 rings (SSSR count). The Morgan fingerprint density at radius 1 is 1.26 bits per heavy atom. The van der Waals surface area contributed by atoms with E-state index in [1.54, 1.807) is 12.3 Å². The maximum atomic E-state index is 12.6. The average molecular weight is 424 g/mol. The number of morpholine rings is 1. The number of hydrogen-bond acceptors (Lipinski definition) is 8. The molecule has 3 aromatic rings. The number of esters is 1. The molecule has 0 bridgehead atoms. The van der Waals surface area contributed by atoms with Gasteiger partial charge in [0.15, 0.2) is 5.76 Å². The largest absolute Gasteiger partial charge is 0.502 e. The molecule has 0 amide bonds. The predicted molar refractivity (Wildman–Crippen MR) is 113 cm³/mol. The van der Waals surface area contributed by atoms with Crippen molar-refractivity contribution in [3.05, 3.63) is 69.9 Å². The molecule has 8 heteroatoms. The van der Waals surface area contributed by atoms with Crippen LogP contribution in [0.15, 0.2) is 51.8 Å². The highest BCUT2D eigenvalue weighted by atomic mass is 16.5. The normalized spacial score (nSPS) is 15.6. The fraction of sp³-hybridized carbons (Fsp3) is 0.348. The zero-order valence-corrected chi connectivity index (χ0v) is 17.2. The lowest BCUT2D eigenvalue weighted by atomic mass is 9.90. The molecule has 1 atom stereocenters. The molecule has 0 saturated carbocycles. The molecular formula is C23H24N2O6. The molecule has 1 aromatic carbocycles. The first-order valence-corrected chi connectivity index (χ1v) is 10.1. The first-order valence-electron chi connectivity index (χ1n) is 10.1. The van der Waals surface area contributed by atoms with E-state index < -0.39 is 23.1 Å². The van der Waals surface area contributed by atoms with Gasteiger partial charge in [0, 0.05) is 30.7 Å². The van der Waals surface area contributed by atoms with Crippen LogP contribution < -0.4 is 5.43 Å². The molecule has 1 aliphatic heterocycles. The number of hydrogen-bond donors (Lipinski definition) is 1. The number of carbonyl (C=O) groups excluding carboxylic acids is 1. The number of methoxy groups -OCH3 is 1. The second-order valence-corrected chi connectivity index (χ2v) is 7.43. The highest BCUT2D eigenvalue weighted by Crippen LogP contribution is 2.36. The van der Waals surface area contributed by atoms with Crippen LogP contribution in [0.5, 0.6) is 5.75 Å². The van der Waals surface area contributed by atoms with Crippen molar-refractivity contribution >= 4 is 16.9 Å². The van der Waals surface area contributed by atoms with Gasteiger partial charge in [-0.3, -0.25) is 19.5 Å². The van der Waals surface area contributed by atoms with E-state index in [4.69, 9.17) is 13.9 Å². The standard InChI is InChI=1S/C23H24N2O6/c1-29-21(27)13-18(16-6-7-24-19-5-3-2-4-17(16)19)23-22(28)20(26)12-15(31-23)14-25-8-10-30-11-9-25/h2-7,12,18,28H,8-11,13-14H2,1H3/t18-/m0/s1. The SMILES string of the molecule is COC(=O)C[C@H](c1oc(CN2CCOCC2)cc(=O)c1O)c1ccnc2ccccc12. The lowest BCUT2D eigenvalue weighted by Crippen LogP contribution is -2.35. The number of benzene rings is 1. The maximum Gasteiger partial charge on any atom is 0.306 e. The maximum absolute atomic E-state index is 12.6. The fourth-order valence-electron chi connectivity index (χ4n) is 3.86. The van der Waals surface area contributed by atoms with Gasteiger partial charge in [-0.2, -0.15) is 0 Å². The summed E-state index contributed by atoms with van der Waals surface area (Å²) in [5, 5.41) is 11.4. The third-order valence-corrected chi connectivity index (χ3v) is 5.46. The Hall–Kier alpha value is -3.23. The van der Waals surface area contributed by atoms with Crippen molar-refractivity contribution in [2.24, 2.45) is 0 Å². The Labute approximate surface area is 179 Å². The summed E-state index contributed by atoms with van der Waals surface area (Å²) < 4.78 is 16.3. The average Bonchev–Trinajstić information content (AvgIpc) is 2.80. The van der Waals surface area contributed by atoms with Crippen LogP contribution in [-0.2, 0) is 20.8 Å². The lowest BCUT2D eigenvalue weighted by molar-refractivity contribution is -0.140. The van der Waals surface area contributed by atoms with Gasteiger partial charge in [0.2, 0.25) is 11.2 Å². The second kappa shape index (κ2) is 9.28. The number of ether oxygens (including phenoxy) is 2. The summed E-state index contributed by atoms with van der Waals surface area (Å²) in [6, 6.07) is 10.5. The molecule has 8 nitrogen and oxygen atoms in total. The monoisotopic (exact) mass is 424 g/mol. The summed E-state index contributed by atoms with van der Waals surface area (Å²) in [6.07, 6.45) is 1.54. The minimum Gasteiger partial charge on any atom is -0.502 e. The van der Waals surface area contributed by atoms with Gasteiger partial charge in [-0.25, -0.2) is 0 Å². The van der Waals surface area contributed by atoms with E-state index in [1.807, 2.05) is 24.3 Å².